The average molecular weight is 297 g/mol. The topological polar surface area (TPSA) is 50.1 Å². The summed E-state index contributed by atoms with van der Waals surface area (Å²) in [6, 6.07) is 12.6. The molecule has 0 saturated carbocycles. The Balaban J connectivity index is 2.12. The van der Waals surface area contributed by atoms with Crippen molar-refractivity contribution in [2.24, 2.45) is 0 Å². The Bertz CT molecular complexity index is 717. The molecule has 22 heavy (non-hydrogen) atoms. The Morgan fingerprint density at radius 1 is 1.27 bits per heavy atom. The largest absolute Gasteiger partial charge is 0.423 e. The number of carbonyl (C=O) groups is 1. The van der Waals surface area contributed by atoms with Gasteiger partial charge in [0.05, 0.1) is 11.1 Å². The molecule has 0 bridgehead atoms. The molecule has 0 aliphatic rings. The molecule has 112 valence electrons. The first-order chi connectivity index (χ1) is 10.5. The van der Waals surface area contributed by atoms with Crippen LogP contribution in [0.25, 0.3) is 0 Å². The van der Waals surface area contributed by atoms with Gasteiger partial charge in [0.15, 0.2) is 0 Å². The minimum atomic E-state index is -0.708. The van der Waals surface area contributed by atoms with Gasteiger partial charge in [-0.25, -0.2) is 9.18 Å². The van der Waals surface area contributed by atoms with Crippen molar-refractivity contribution in [3.05, 3.63) is 65.0 Å². The molecule has 0 heterocycles. The van der Waals surface area contributed by atoms with E-state index in [1.807, 2.05) is 12.1 Å². The highest BCUT2D eigenvalue weighted by atomic mass is 19.1. The second-order valence-corrected chi connectivity index (χ2v) is 5.07. The normalized spacial score (nSPS) is 11.5. The van der Waals surface area contributed by atoms with Gasteiger partial charge in [-0.3, -0.25) is 0 Å². The standard InChI is InChI=1S/C18H16FNO2/c1-3-12(2)13-4-6-14(7-5-13)18(21)22-16-9-8-15(11-20)17(19)10-16/h4-10,12H,3H2,1-2H3. The maximum Gasteiger partial charge on any atom is 0.343 e. The lowest BCUT2D eigenvalue weighted by atomic mass is 9.98. The predicted molar refractivity (Wildman–Crippen MR) is 81.2 cm³/mol. The summed E-state index contributed by atoms with van der Waals surface area (Å²) in [6.45, 7) is 4.22. The van der Waals surface area contributed by atoms with Gasteiger partial charge in [-0.1, -0.05) is 26.0 Å². The molecule has 0 fully saturated rings. The molecule has 4 heteroatoms. The third-order valence-corrected chi connectivity index (χ3v) is 3.60. The Kier molecular flexibility index (Phi) is 4.90. The Labute approximate surface area is 129 Å². The lowest BCUT2D eigenvalue weighted by molar-refractivity contribution is 0.0734. The van der Waals surface area contributed by atoms with Gasteiger partial charge in [0.25, 0.3) is 0 Å². The molecule has 3 nitrogen and oxygen atoms in total. The number of hydrogen-bond acceptors (Lipinski definition) is 3. The summed E-state index contributed by atoms with van der Waals surface area (Å²) in [4.78, 5) is 12.0. The van der Waals surface area contributed by atoms with Crippen molar-refractivity contribution >= 4 is 5.97 Å². The van der Waals surface area contributed by atoms with E-state index < -0.39 is 11.8 Å². The Morgan fingerprint density at radius 3 is 2.50 bits per heavy atom. The maximum absolute atomic E-state index is 13.5. The average Bonchev–Trinajstić information content (AvgIpc) is 2.54. The fourth-order valence-corrected chi connectivity index (χ4v) is 2.00. The molecule has 0 radical (unpaired) electrons. The van der Waals surface area contributed by atoms with E-state index >= 15 is 0 Å². The van der Waals surface area contributed by atoms with Crippen LogP contribution in [0.4, 0.5) is 4.39 Å². The number of halogens is 1. The van der Waals surface area contributed by atoms with E-state index in [9.17, 15) is 9.18 Å². The van der Waals surface area contributed by atoms with Crippen LogP contribution in [0.3, 0.4) is 0 Å². The lowest BCUT2D eigenvalue weighted by Crippen LogP contribution is -2.09. The highest BCUT2D eigenvalue weighted by Crippen LogP contribution is 2.20. The molecule has 2 rings (SSSR count). The SMILES string of the molecule is CCC(C)c1ccc(C(=O)Oc2ccc(C#N)c(F)c2)cc1. The number of ether oxygens (including phenoxy) is 1. The Hall–Kier alpha value is -2.67. The number of benzene rings is 2. The van der Waals surface area contributed by atoms with E-state index in [4.69, 9.17) is 10.00 Å². The van der Waals surface area contributed by atoms with Crippen LogP contribution in [0, 0.1) is 17.1 Å². The second kappa shape index (κ2) is 6.86. The van der Waals surface area contributed by atoms with E-state index in [1.54, 1.807) is 18.2 Å². The summed E-state index contributed by atoms with van der Waals surface area (Å²) in [7, 11) is 0. The van der Waals surface area contributed by atoms with Gasteiger partial charge in [-0.2, -0.15) is 5.26 Å². The summed E-state index contributed by atoms with van der Waals surface area (Å²) in [5.41, 5.74) is 1.47. The van der Waals surface area contributed by atoms with Gasteiger partial charge in [0, 0.05) is 6.07 Å². The summed E-state index contributed by atoms with van der Waals surface area (Å²) < 4.78 is 18.6. The van der Waals surface area contributed by atoms with Crippen LogP contribution in [-0.4, -0.2) is 5.97 Å². The van der Waals surface area contributed by atoms with Crippen molar-refractivity contribution in [2.75, 3.05) is 0 Å². The van der Waals surface area contributed by atoms with Crippen LogP contribution in [0.1, 0.15) is 47.7 Å². The van der Waals surface area contributed by atoms with Crippen molar-refractivity contribution in [1.29, 1.82) is 5.26 Å². The molecule has 1 atom stereocenters. The van der Waals surface area contributed by atoms with Crippen LogP contribution in [-0.2, 0) is 0 Å². The van der Waals surface area contributed by atoms with Crippen molar-refractivity contribution in [3.8, 4) is 11.8 Å². The number of rotatable bonds is 4. The molecule has 0 aliphatic heterocycles. The summed E-state index contributed by atoms with van der Waals surface area (Å²) in [6.07, 6.45) is 1.02. The number of nitrogens with zero attached hydrogens (tertiary/aromatic N) is 1. The van der Waals surface area contributed by atoms with E-state index in [0.717, 1.165) is 18.1 Å². The van der Waals surface area contributed by atoms with E-state index in [1.165, 1.54) is 12.1 Å². The molecular formula is C18H16FNO2. The van der Waals surface area contributed by atoms with Crippen LogP contribution < -0.4 is 4.74 Å². The molecule has 2 aromatic rings. The third kappa shape index (κ3) is 3.50. The van der Waals surface area contributed by atoms with Crippen LogP contribution in [0.5, 0.6) is 5.75 Å². The van der Waals surface area contributed by atoms with Gasteiger partial charge in [0.2, 0.25) is 0 Å². The van der Waals surface area contributed by atoms with Crippen LogP contribution >= 0.6 is 0 Å². The first-order valence-electron chi connectivity index (χ1n) is 7.07. The van der Waals surface area contributed by atoms with E-state index in [0.29, 0.717) is 11.5 Å². The highest BCUT2D eigenvalue weighted by Gasteiger charge is 2.11. The van der Waals surface area contributed by atoms with Gasteiger partial charge in [0.1, 0.15) is 17.6 Å². The minimum Gasteiger partial charge on any atom is -0.423 e. The molecule has 0 N–H and O–H groups in total. The molecular weight excluding hydrogens is 281 g/mol. The van der Waals surface area contributed by atoms with Crippen molar-refractivity contribution in [3.63, 3.8) is 0 Å². The molecule has 0 aromatic heterocycles. The van der Waals surface area contributed by atoms with Gasteiger partial charge in [-0.15, -0.1) is 0 Å². The number of carbonyl (C=O) groups excluding carboxylic acids is 1. The van der Waals surface area contributed by atoms with Gasteiger partial charge >= 0.3 is 5.97 Å². The molecule has 0 spiro atoms. The first kappa shape index (κ1) is 15.7. The maximum atomic E-state index is 13.5. The van der Waals surface area contributed by atoms with Gasteiger partial charge < -0.3 is 4.74 Å². The van der Waals surface area contributed by atoms with Crippen LogP contribution in [0.2, 0.25) is 0 Å². The Morgan fingerprint density at radius 2 is 1.95 bits per heavy atom. The quantitative estimate of drug-likeness (QED) is 0.619. The van der Waals surface area contributed by atoms with Crippen molar-refractivity contribution < 1.29 is 13.9 Å². The lowest BCUT2D eigenvalue weighted by Gasteiger charge is -2.09. The molecule has 1 unspecified atom stereocenters. The van der Waals surface area contributed by atoms with E-state index in [2.05, 4.69) is 13.8 Å². The summed E-state index contributed by atoms with van der Waals surface area (Å²) in [5.74, 6) is -0.759. The fraction of sp³-hybridized carbons (Fsp3) is 0.222. The zero-order valence-electron chi connectivity index (χ0n) is 12.5. The summed E-state index contributed by atoms with van der Waals surface area (Å²) in [5, 5.41) is 8.66. The highest BCUT2D eigenvalue weighted by molar-refractivity contribution is 5.91. The van der Waals surface area contributed by atoms with Gasteiger partial charge in [-0.05, 0) is 42.2 Å². The number of hydrogen-bond donors (Lipinski definition) is 0. The second-order valence-electron chi connectivity index (χ2n) is 5.07. The van der Waals surface area contributed by atoms with E-state index in [-0.39, 0.29) is 11.3 Å². The van der Waals surface area contributed by atoms with Crippen molar-refractivity contribution in [2.45, 2.75) is 26.2 Å². The fourth-order valence-electron chi connectivity index (χ4n) is 2.00. The zero-order valence-corrected chi connectivity index (χ0v) is 12.5. The van der Waals surface area contributed by atoms with Crippen LogP contribution in [0.15, 0.2) is 42.5 Å². The minimum absolute atomic E-state index is 0.0764. The third-order valence-electron chi connectivity index (χ3n) is 3.60. The predicted octanol–water partition coefficient (Wildman–Crippen LogP) is 4.43. The monoisotopic (exact) mass is 297 g/mol. The molecule has 0 amide bonds. The number of esters is 1. The van der Waals surface area contributed by atoms with Crippen molar-refractivity contribution in [1.82, 2.24) is 0 Å². The first-order valence-corrected chi connectivity index (χ1v) is 7.07. The molecule has 0 saturated heterocycles. The number of nitriles is 1. The molecule has 0 aliphatic carbocycles. The molecule has 2 aromatic carbocycles. The summed E-state index contributed by atoms with van der Waals surface area (Å²) >= 11 is 0. The zero-order chi connectivity index (χ0) is 16.1. The smallest absolute Gasteiger partial charge is 0.343 e.